The average molecular weight is 460 g/mol. The molecule has 3 heterocycles. The van der Waals surface area contributed by atoms with E-state index in [2.05, 4.69) is 4.98 Å². The molecule has 0 saturated carbocycles. The lowest BCUT2D eigenvalue weighted by Crippen LogP contribution is -2.43. The minimum absolute atomic E-state index is 0.0762. The Morgan fingerprint density at radius 2 is 2.17 bits per heavy atom. The highest BCUT2D eigenvalue weighted by Crippen LogP contribution is 2.55. The third-order valence-electron chi connectivity index (χ3n) is 4.77. The molecule has 1 aromatic carbocycles. The van der Waals surface area contributed by atoms with Gasteiger partial charge < -0.3 is 19.5 Å². The lowest BCUT2D eigenvalue weighted by Gasteiger charge is -2.28. The van der Waals surface area contributed by atoms with Gasteiger partial charge >= 0.3 is 7.82 Å². The number of fused-ring (bicyclic) bond motifs is 1. The maximum atomic E-state index is 15.3. The number of phosphoric acid groups is 1. The van der Waals surface area contributed by atoms with E-state index in [1.807, 2.05) is 0 Å². The van der Waals surface area contributed by atoms with Crippen LogP contribution in [0.4, 0.5) is 4.39 Å². The van der Waals surface area contributed by atoms with E-state index in [9.17, 15) is 19.6 Å². The number of para-hydroxylation sites is 1. The second kappa shape index (κ2) is 7.65. The first-order chi connectivity index (χ1) is 14.1. The van der Waals surface area contributed by atoms with Crippen LogP contribution in [0.1, 0.15) is 17.4 Å². The summed E-state index contributed by atoms with van der Waals surface area (Å²) in [5.74, 6) is -2.69. The van der Waals surface area contributed by atoms with Crippen molar-refractivity contribution in [3.8, 4) is 5.75 Å². The zero-order chi connectivity index (χ0) is 21.7. The van der Waals surface area contributed by atoms with Gasteiger partial charge in [-0.2, -0.15) is 0 Å². The van der Waals surface area contributed by atoms with Crippen molar-refractivity contribution in [2.45, 2.75) is 37.8 Å². The molecule has 1 unspecified atom stereocenters. The number of hydrogen-bond donors (Lipinski definition) is 3. The van der Waals surface area contributed by atoms with Crippen LogP contribution in [0.2, 0.25) is 0 Å². The summed E-state index contributed by atoms with van der Waals surface area (Å²) in [4.78, 5) is 14.0. The third kappa shape index (κ3) is 3.76. The van der Waals surface area contributed by atoms with Crippen LogP contribution in [0.5, 0.6) is 5.75 Å². The first kappa shape index (κ1) is 21.3. The Labute approximate surface area is 174 Å². The summed E-state index contributed by atoms with van der Waals surface area (Å²) >= 11 is 5.02. The van der Waals surface area contributed by atoms with Crippen molar-refractivity contribution in [2.24, 2.45) is 0 Å². The van der Waals surface area contributed by atoms with Crippen LogP contribution in [0, 0.1) is 11.7 Å². The highest BCUT2D eigenvalue weighted by molar-refractivity contribution is 7.71. The van der Waals surface area contributed by atoms with E-state index in [0.717, 1.165) is 4.57 Å². The highest BCUT2D eigenvalue weighted by atomic mass is 32.1. The van der Waals surface area contributed by atoms with Gasteiger partial charge in [-0.25, -0.2) is 8.96 Å². The van der Waals surface area contributed by atoms with Gasteiger partial charge in [0.2, 0.25) is 0 Å². The number of halogens is 1. The molecule has 2 aliphatic heterocycles. The van der Waals surface area contributed by atoms with Gasteiger partial charge in [-0.3, -0.25) is 23.4 Å². The molecule has 5 atom stereocenters. The predicted octanol–water partition coefficient (Wildman–Crippen LogP) is 1.86. The van der Waals surface area contributed by atoms with Crippen LogP contribution >= 0.6 is 20.0 Å². The summed E-state index contributed by atoms with van der Waals surface area (Å²) in [6, 6.07) is 6.66. The first-order valence-corrected chi connectivity index (χ1v) is 10.7. The number of hydrogen-bond acceptors (Lipinski definition) is 9. The summed E-state index contributed by atoms with van der Waals surface area (Å²) in [7, 11) is -4.19. The molecular formula is C17H18FN2O8PS. The van der Waals surface area contributed by atoms with Gasteiger partial charge in [0.25, 0.3) is 11.4 Å². The number of aliphatic hydroxyl groups is 2. The minimum Gasteiger partial charge on any atom is -0.404 e. The standard InChI is InChI=1S/C17H18FN2O8PS/c1-9-6-20(16(30)19-14(9)23)15-12(21)13(22)17(18,27-15)8-26-29(24)25-7-10-4-2-3-5-11(10)28-29/h2-6,12-13,15,21-22H,7-8H2,1H3,(H,19,23,30)/t12-,13+,15-,17-,29?/m1/s1. The number of aromatic amines is 1. The molecular weight excluding hydrogens is 442 g/mol. The molecule has 0 radical (unpaired) electrons. The molecule has 0 bridgehead atoms. The van der Waals surface area contributed by atoms with Crippen molar-refractivity contribution in [1.29, 1.82) is 0 Å². The number of ether oxygens (including phenoxy) is 1. The zero-order valence-electron chi connectivity index (χ0n) is 15.6. The number of phosphoric ester groups is 1. The number of alkyl halides is 1. The molecule has 10 nitrogen and oxygen atoms in total. The molecule has 2 aliphatic rings. The average Bonchev–Trinajstić information content (AvgIpc) is 2.94. The second-order valence-corrected chi connectivity index (χ2v) is 8.88. The molecule has 30 heavy (non-hydrogen) atoms. The van der Waals surface area contributed by atoms with E-state index >= 15 is 4.39 Å². The molecule has 162 valence electrons. The van der Waals surface area contributed by atoms with Crippen molar-refractivity contribution in [2.75, 3.05) is 6.61 Å². The van der Waals surface area contributed by atoms with Crippen LogP contribution in [-0.2, 0) is 25.0 Å². The Kier molecular flexibility index (Phi) is 5.43. The fourth-order valence-corrected chi connectivity index (χ4v) is 4.58. The van der Waals surface area contributed by atoms with Gasteiger partial charge in [0.15, 0.2) is 11.0 Å². The lowest BCUT2D eigenvalue weighted by molar-refractivity contribution is -0.205. The summed E-state index contributed by atoms with van der Waals surface area (Å²) in [5.41, 5.74) is 0.413. The molecule has 13 heteroatoms. The molecule has 0 spiro atoms. The highest BCUT2D eigenvalue weighted by Gasteiger charge is 2.57. The number of aryl methyl sites for hydroxylation is 1. The van der Waals surface area contributed by atoms with E-state index < -0.39 is 44.3 Å². The SMILES string of the molecule is Cc1cn([C@@H]2O[C@](F)(COP3(=O)OCc4ccccc4O3)[C@@H](O)[C@H]2O)c(=S)[nH]c1=O. The second-order valence-electron chi connectivity index (χ2n) is 6.90. The third-order valence-corrected chi connectivity index (χ3v) is 6.40. The largest absolute Gasteiger partial charge is 0.530 e. The van der Waals surface area contributed by atoms with Gasteiger partial charge in [0.1, 0.15) is 24.6 Å². The summed E-state index contributed by atoms with van der Waals surface area (Å²) in [6.45, 7) is 0.346. The van der Waals surface area contributed by atoms with Crippen molar-refractivity contribution in [3.63, 3.8) is 0 Å². The Hall–Kier alpha value is -1.92. The fourth-order valence-electron chi connectivity index (χ4n) is 3.11. The van der Waals surface area contributed by atoms with E-state index in [1.165, 1.54) is 13.1 Å². The van der Waals surface area contributed by atoms with Gasteiger partial charge in [-0.05, 0) is 25.2 Å². The molecule has 0 aliphatic carbocycles. The van der Waals surface area contributed by atoms with Crippen LogP contribution in [0.3, 0.4) is 0 Å². The lowest BCUT2D eigenvalue weighted by atomic mass is 10.1. The van der Waals surface area contributed by atoms with Crippen LogP contribution in [0.25, 0.3) is 0 Å². The van der Waals surface area contributed by atoms with Crippen molar-refractivity contribution >= 4 is 20.0 Å². The summed E-state index contributed by atoms with van der Waals surface area (Å²) < 4.78 is 49.5. The quantitative estimate of drug-likeness (QED) is 0.462. The maximum Gasteiger partial charge on any atom is 0.530 e. The zero-order valence-corrected chi connectivity index (χ0v) is 17.3. The number of rotatable bonds is 4. The number of nitrogens with one attached hydrogen (secondary N) is 1. The topological polar surface area (TPSA) is 132 Å². The molecule has 4 rings (SSSR count). The first-order valence-electron chi connectivity index (χ1n) is 8.83. The summed E-state index contributed by atoms with van der Waals surface area (Å²) in [5, 5.41) is 20.5. The fraction of sp³-hybridized carbons (Fsp3) is 0.412. The minimum atomic E-state index is -4.19. The van der Waals surface area contributed by atoms with E-state index in [0.29, 0.717) is 5.56 Å². The monoisotopic (exact) mass is 460 g/mol. The molecule has 1 aromatic heterocycles. The molecule has 1 saturated heterocycles. The van der Waals surface area contributed by atoms with Gasteiger partial charge in [0.05, 0.1) is 6.61 Å². The number of H-pyrrole nitrogens is 1. The van der Waals surface area contributed by atoms with Crippen molar-refractivity contribution in [3.05, 3.63) is 56.7 Å². The van der Waals surface area contributed by atoms with Crippen molar-refractivity contribution < 1.29 is 37.5 Å². The Balaban J connectivity index is 1.52. The van der Waals surface area contributed by atoms with E-state index in [-0.39, 0.29) is 22.7 Å². The molecule has 2 aromatic rings. The Bertz CT molecular complexity index is 1140. The maximum absolute atomic E-state index is 15.3. The van der Waals surface area contributed by atoms with Gasteiger partial charge in [0, 0.05) is 17.3 Å². The Morgan fingerprint density at radius 3 is 2.93 bits per heavy atom. The van der Waals surface area contributed by atoms with Gasteiger partial charge in [-0.15, -0.1) is 0 Å². The number of benzene rings is 1. The number of aliphatic hydroxyl groups excluding tert-OH is 2. The van der Waals surface area contributed by atoms with Crippen molar-refractivity contribution in [1.82, 2.24) is 9.55 Å². The van der Waals surface area contributed by atoms with E-state index in [4.69, 9.17) is 30.5 Å². The normalized spacial score (nSPS) is 33.1. The summed E-state index contributed by atoms with van der Waals surface area (Å²) in [6.07, 6.45) is -4.03. The van der Waals surface area contributed by atoms with Crippen LogP contribution in [0.15, 0.2) is 35.3 Å². The number of aromatic nitrogens is 2. The smallest absolute Gasteiger partial charge is 0.404 e. The van der Waals surface area contributed by atoms with Crippen LogP contribution in [-0.4, -0.2) is 44.4 Å². The predicted molar refractivity (Wildman–Crippen MR) is 102 cm³/mol. The van der Waals surface area contributed by atoms with Gasteiger partial charge in [-0.1, -0.05) is 18.2 Å². The Morgan fingerprint density at radius 1 is 1.43 bits per heavy atom. The molecule has 0 amide bonds. The molecule has 1 fully saturated rings. The van der Waals surface area contributed by atoms with E-state index in [1.54, 1.807) is 24.3 Å². The van der Waals surface area contributed by atoms with Crippen LogP contribution < -0.4 is 10.1 Å². The number of nitrogens with zero attached hydrogens (tertiary/aromatic N) is 1. The molecule has 3 N–H and O–H groups in total.